The molecule has 0 aromatic carbocycles. The topological polar surface area (TPSA) is 46.2 Å². The number of piperidine rings is 1. The zero-order valence-corrected chi connectivity index (χ0v) is 14.7. The summed E-state index contributed by atoms with van der Waals surface area (Å²) < 4.78 is 0. The van der Waals surface area contributed by atoms with Crippen molar-refractivity contribution in [3.8, 4) is 0 Å². The molecule has 3 aliphatic carbocycles. The summed E-state index contributed by atoms with van der Waals surface area (Å²) in [6.45, 7) is 6.55. The number of carbonyl (C=O) groups is 2. The number of rotatable bonds is 1. The third-order valence-electron chi connectivity index (χ3n) is 8.10. The zero-order chi connectivity index (χ0) is 16.4. The van der Waals surface area contributed by atoms with Crippen LogP contribution in [0.3, 0.4) is 0 Å². The van der Waals surface area contributed by atoms with Crippen LogP contribution in [0.25, 0.3) is 0 Å². The minimum Gasteiger partial charge on any atom is -0.330 e. The summed E-state index contributed by atoms with van der Waals surface area (Å²) in [5.74, 6) is 2.91. The van der Waals surface area contributed by atoms with Crippen LogP contribution < -0.4 is 5.32 Å². The van der Waals surface area contributed by atoms with Crippen molar-refractivity contribution < 1.29 is 9.59 Å². The summed E-state index contributed by atoms with van der Waals surface area (Å²) in [6, 6.07) is 0. The van der Waals surface area contributed by atoms with Crippen molar-refractivity contribution in [3.63, 3.8) is 0 Å². The van der Waals surface area contributed by atoms with Crippen molar-refractivity contribution in [2.24, 2.45) is 34.5 Å². The molecule has 1 aliphatic heterocycles. The second-order valence-electron chi connectivity index (χ2n) is 8.98. The highest BCUT2D eigenvalue weighted by atomic mass is 16.1. The highest BCUT2D eigenvalue weighted by Crippen LogP contribution is 2.65. The number of hydrogen-bond donors (Lipinski definition) is 1. The number of amides is 1. The summed E-state index contributed by atoms with van der Waals surface area (Å²) in [4.78, 5) is 23.9. The van der Waals surface area contributed by atoms with Gasteiger partial charge in [0.25, 0.3) is 0 Å². The van der Waals surface area contributed by atoms with E-state index in [2.05, 4.69) is 25.2 Å². The molecule has 0 radical (unpaired) electrons. The highest BCUT2D eigenvalue weighted by Gasteiger charge is 2.59. The molecule has 4 rings (SSSR count). The van der Waals surface area contributed by atoms with E-state index in [1.165, 1.54) is 25.0 Å². The van der Waals surface area contributed by atoms with E-state index in [0.717, 1.165) is 19.3 Å². The van der Waals surface area contributed by atoms with Crippen LogP contribution in [0, 0.1) is 34.5 Å². The van der Waals surface area contributed by atoms with Crippen molar-refractivity contribution in [2.45, 2.75) is 65.7 Å². The normalized spacial score (nSPS) is 48.7. The van der Waals surface area contributed by atoms with Gasteiger partial charge in [0.2, 0.25) is 5.91 Å². The third kappa shape index (κ3) is 2.01. The Morgan fingerprint density at radius 2 is 1.96 bits per heavy atom. The molecule has 4 aliphatic rings. The van der Waals surface area contributed by atoms with Crippen LogP contribution in [0.5, 0.6) is 0 Å². The molecule has 0 spiro atoms. The predicted octanol–water partition coefficient (Wildman–Crippen LogP) is 3.84. The number of Topliss-reactive ketones (excluding diaryl/α,β-unsaturated/α-hetero) is 1. The Labute approximate surface area is 139 Å². The monoisotopic (exact) mass is 315 g/mol. The second-order valence-corrected chi connectivity index (χ2v) is 8.98. The van der Waals surface area contributed by atoms with E-state index in [-0.39, 0.29) is 22.7 Å². The molecule has 1 saturated heterocycles. The summed E-state index contributed by atoms with van der Waals surface area (Å²) in [5.41, 5.74) is 1.55. The molecule has 3 heteroatoms. The number of allylic oxidation sites excluding steroid dienone is 2. The molecule has 0 aromatic heterocycles. The summed E-state index contributed by atoms with van der Waals surface area (Å²) in [5, 5.41) is 3.16. The summed E-state index contributed by atoms with van der Waals surface area (Å²) >= 11 is 0. The van der Waals surface area contributed by atoms with Crippen LogP contribution in [-0.2, 0) is 9.59 Å². The van der Waals surface area contributed by atoms with Gasteiger partial charge in [0.05, 0.1) is 0 Å². The Kier molecular flexibility index (Phi) is 3.31. The van der Waals surface area contributed by atoms with E-state index < -0.39 is 0 Å². The van der Waals surface area contributed by atoms with Crippen LogP contribution in [0.4, 0.5) is 0 Å². The maximum Gasteiger partial charge on any atom is 0.224 e. The lowest BCUT2D eigenvalue weighted by Crippen LogP contribution is -2.53. The van der Waals surface area contributed by atoms with Gasteiger partial charge in [-0.15, -0.1) is 0 Å². The molecule has 1 heterocycles. The molecule has 1 N–H and O–H groups in total. The van der Waals surface area contributed by atoms with Crippen LogP contribution in [0.1, 0.15) is 65.7 Å². The van der Waals surface area contributed by atoms with Gasteiger partial charge >= 0.3 is 0 Å². The molecule has 3 nitrogen and oxygen atoms in total. The van der Waals surface area contributed by atoms with Gasteiger partial charge in [0.1, 0.15) is 5.78 Å². The standard InChI is InChI=1S/C20H29NO2/c1-12(22)14-5-6-15-13-4-7-17-20(3,11-9-18(23)21-17)16(13)8-10-19(14,15)2/h7,13-16H,4-6,8-11H2,1-3H3,(H,21,23)/t13-,14+,15?,16?,19+,20+/m0/s1. The summed E-state index contributed by atoms with van der Waals surface area (Å²) in [7, 11) is 0. The van der Waals surface area contributed by atoms with Crippen molar-refractivity contribution in [3.05, 3.63) is 11.8 Å². The Bertz CT molecular complexity index is 594. The lowest BCUT2D eigenvalue weighted by molar-refractivity contribution is -0.129. The van der Waals surface area contributed by atoms with Gasteiger partial charge < -0.3 is 5.32 Å². The van der Waals surface area contributed by atoms with E-state index in [4.69, 9.17) is 0 Å². The number of fused-ring (bicyclic) bond motifs is 5. The minimum atomic E-state index is 0.145. The first-order valence-electron chi connectivity index (χ1n) is 9.37. The molecule has 126 valence electrons. The van der Waals surface area contributed by atoms with Gasteiger partial charge in [0.15, 0.2) is 0 Å². The van der Waals surface area contributed by atoms with Gasteiger partial charge in [-0.05, 0) is 68.6 Å². The third-order valence-corrected chi connectivity index (χ3v) is 8.10. The Balaban J connectivity index is 1.67. The maximum absolute atomic E-state index is 12.1. The molecule has 2 unspecified atom stereocenters. The lowest BCUT2D eigenvalue weighted by Gasteiger charge is -2.57. The fourth-order valence-electron chi connectivity index (χ4n) is 6.86. The van der Waals surface area contributed by atoms with Crippen LogP contribution in [-0.4, -0.2) is 11.7 Å². The first-order valence-corrected chi connectivity index (χ1v) is 9.37. The van der Waals surface area contributed by atoms with Crippen LogP contribution >= 0.6 is 0 Å². The van der Waals surface area contributed by atoms with E-state index in [0.29, 0.717) is 30.0 Å². The molecule has 3 fully saturated rings. The fourth-order valence-corrected chi connectivity index (χ4v) is 6.86. The molecule has 0 aromatic rings. The Morgan fingerprint density at radius 3 is 2.70 bits per heavy atom. The smallest absolute Gasteiger partial charge is 0.224 e. The van der Waals surface area contributed by atoms with E-state index in [9.17, 15) is 9.59 Å². The average molecular weight is 315 g/mol. The van der Waals surface area contributed by atoms with E-state index in [1.807, 2.05) is 0 Å². The minimum absolute atomic E-state index is 0.145. The fraction of sp³-hybridized carbons (Fsp3) is 0.800. The van der Waals surface area contributed by atoms with Crippen molar-refractivity contribution in [2.75, 3.05) is 0 Å². The van der Waals surface area contributed by atoms with Gasteiger partial charge in [-0.3, -0.25) is 9.59 Å². The molecule has 6 atom stereocenters. The average Bonchev–Trinajstić information content (AvgIpc) is 2.85. The summed E-state index contributed by atoms with van der Waals surface area (Å²) in [6.07, 6.45) is 9.74. The van der Waals surface area contributed by atoms with E-state index >= 15 is 0 Å². The highest BCUT2D eigenvalue weighted by molar-refractivity contribution is 5.80. The van der Waals surface area contributed by atoms with Gasteiger partial charge in [-0.1, -0.05) is 19.9 Å². The largest absolute Gasteiger partial charge is 0.330 e. The molecule has 1 amide bonds. The number of ketones is 1. The molecule has 2 saturated carbocycles. The SMILES string of the molecule is CC(=O)[C@H]1CCC2[C@@H]3CC=C4NC(=O)CC[C@]4(C)C3CC[C@@]21C. The van der Waals surface area contributed by atoms with E-state index in [1.54, 1.807) is 6.92 Å². The Hall–Kier alpha value is -1.12. The molecule has 23 heavy (non-hydrogen) atoms. The quantitative estimate of drug-likeness (QED) is 0.799. The zero-order valence-electron chi connectivity index (χ0n) is 14.7. The van der Waals surface area contributed by atoms with Crippen LogP contribution in [0.15, 0.2) is 11.8 Å². The first-order chi connectivity index (χ1) is 10.9. The molecule has 0 bridgehead atoms. The number of carbonyl (C=O) groups excluding carboxylic acids is 2. The predicted molar refractivity (Wildman–Crippen MR) is 89.4 cm³/mol. The van der Waals surface area contributed by atoms with Crippen molar-refractivity contribution >= 4 is 11.7 Å². The van der Waals surface area contributed by atoms with Crippen molar-refractivity contribution in [1.82, 2.24) is 5.32 Å². The molecular weight excluding hydrogens is 286 g/mol. The first kappa shape index (κ1) is 15.4. The second kappa shape index (κ2) is 4.94. The van der Waals surface area contributed by atoms with Gasteiger partial charge in [0, 0.05) is 23.5 Å². The van der Waals surface area contributed by atoms with Crippen molar-refractivity contribution in [1.29, 1.82) is 0 Å². The van der Waals surface area contributed by atoms with Gasteiger partial charge in [-0.2, -0.15) is 0 Å². The lowest BCUT2D eigenvalue weighted by atomic mass is 9.49. The van der Waals surface area contributed by atoms with Crippen LogP contribution in [0.2, 0.25) is 0 Å². The number of nitrogens with one attached hydrogen (secondary N) is 1. The van der Waals surface area contributed by atoms with Gasteiger partial charge in [-0.25, -0.2) is 0 Å². The number of hydrogen-bond acceptors (Lipinski definition) is 2. The maximum atomic E-state index is 12.1. The molecular formula is C20H29NO2. The Morgan fingerprint density at radius 1 is 1.17 bits per heavy atom.